The second kappa shape index (κ2) is 11.1. The average molecular weight is 614 g/mol. The van der Waals surface area contributed by atoms with E-state index < -0.39 is 11.7 Å². The van der Waals surface area contributed by atoms with Crippen LogP contribution in [0.25, 0.3) is 16.6 Å². The minimum atomic E-state index is -4.47. The lowest BCUT2D eigenvalue weighted by Crippen LogP contribution is -2.06. The molecular formula is C26H18Cl3F3N4S2. The van der Waals surface area contributed by atoms with Gasteiger partial charge in [-0.25, -0.2) is 0 Å². The first-order chi connectivity index (χ1) is 18.1. The van der Waals surface area contributed by atoms with Crippen molar-refractivity contribution in [3.8, 4) is 5.69 Å². The van der Waals surface area contributed by atoms with Crippen molar-refractivity contribution in [1.82, 2.24) is 19.3 Å². The van der Waals surface area contributed by atoms with Crippen LogP contribution in [0, 0.1) is 0 Å². The van der Waals surface area contributed by atoms with Crippen LogP contribution < -0.4 is 0 Å². The number of alkyl halides is 3. The Bertz CT molecular complexity index is 1610. The van der Waals surface area contributed by atoms with Gasteiger partial charge in [0.05, 0.1) is 27.0 Å². The van der Waals surface area contributed by atoms with E-state index in [1.807, 2.05) is 19.2 Å². The molecule has 5 aromatic rings. The van der Waals surface area contributed by atoms with Gasteiger partial charge < -0.3 is 4.57 Å². The largest absolute Gasteiger partial charge is 0.416 e. The SMILES string of the molecule is Cn1cc(SCc2nnc(SCc3cc(C(F)(F)F)ccc3Cl)n2-c2c(Cl)cccc2Cl)c2ccccc21. The van der Waals surface area contributed by atoms with E-state index in [9.17, 15) is 13.2 Å². The number of benzene rings is 3. The van der Waals surface area contributed by atoms with Gasteiger partial charge in [0.25, 0.3) is 0 Å². The normalized spacial score (nSPS) is 12.0. The van der Waals surface area contributed by atoms with Crippen molar-refractivity contribution in [3.05, 3.63) is 98.9 Å². The third kappa shape index (κ3) is 5.53. The summed E-state index contributed by atoms with van der Waals surface area (Å²) in [7, 11) is 1.99. The van der Waals surface area contributed by atoms with Crippen LogP contribution in [0.2, 0.25) is 15.1 Å². The van der Waals surface area contributed by atoms with Crippen molar-refractivity contribution in [1.29, 1.82) is 0 Å². The second-order valence-electron chi connectivity index (χ2n) is 8.31. The van der Waals surface area contributed by atoms with Gasteiger partial charge in [-0.3, -0.25) is 4.57 Å². The predicted octanol–water partition coefficient (Wildman–Crippen LogP) is 9.32. The lowest BCUT2D eigenvalue weighted by Gasteiger charge is -2.14. The number of fused-ring (bicyclic) bond motifs is 1. The Morgan fingerprint density at radius 3 is 2.32 bits per heavy atom. The zero-order chi connectivity index (χ0) is 27.0. The van der Waals surface area contributed by atoms with E-state index in [2.05, 4.69) is 33.1 Å². The number of aryl methyl sites for hydroxylation is 1. The van der Waals surface area contributed by atoms with Gasteiger partial charge in [0, 0.05) is 39.8 Å². The molecule has 3 aromatic carbocycles. The van der Waals surface area contributed by atoms with Gasteiger partial charge in [0.2, 0.25) is 0 Å². The maximum Gasteiger partial charge on any atom is 0.416 e. The van der Waals surface area contributed by atoms with E-state index in [-0.39, 0.29) is 10.8 Å². The fourth-order valence-corrected chi connectivity index (χ4v) is 6.79. The molecule has 2 heterocycles. The zero-order valence-corrected chi connectivity index (χ0v) is 23.5. The van der Waals surface area contributed by atoms with Crippen LogP contribution >= 0.6 is 58.3 Å². The predicted molar refractivity (Wildman–Crippen MR) is 150 cm³/mol. The number of nitrogens with zero attached hydrogens (tertiary/aromatic N) is 4. The number of halogens is 6. The second-order valence-corrected chi connectivity index (χ2v) is 11.5. The van der Waals surface area contributed by atoms with Crippen LogP contribution in [0.4, 0.5) is 13.2 Å². The molecule has 0 bridgehead atoms. The fraction of sp³-hybridized carbons (Fsp3) is 0.154. The third-order valence-electron chi connectivity index (χ3n) is 5.81. The molecule has 0 saturated carbocycles. The number of aromatic nitrogens is 4. The molecule has 0 saturated heterocycles. The van der Waals surface area contributed by atoms with Crippen LogP contribution in [0.3, 0.4) is 0 Å². The molecule has 0 aliphatic rings. The monoisotopic (exact) mass is 612 g/mol. The molecule has 5 rings (SSSR count). The quantitative estimate of drug-likeness (QED) is 0.171. The summed E-state index contributed by atoms with van der Waals surface area (Å²) < 4.78 is 43.6. The molecular weight excluding hydrogens is 596 g/mol. The molecule has 12 heteroatoms. The summed E-state index contributed by atoms with van der Waals surface area (Å²) in [6, 6.07) is 16.5. The molecule has 2 aromatic heterocycles. The van der Waals surface area contributed by atoms with Crippen LogP contribution in [0.5, 0.6) is 0 Å². The van der Waals surface area contributed by atoms with E-state index in [0.717, 1.165) is 27.9 Å². The highest BCUT2D eigenvalue weighted by Gasteiger charge is 2.31. The molecule has 196 valence electrons. The first kappa shape index (κ1) is 27.3. The molecule has 0 spiro atoms. The van der Waals surface area contributed by atoms with Crippen LogP contribution in [0.15, 0.2) is 76.9 Å². The Morgan fingerprint density at radius 1 is 0.842 bits per heavy atom. The summed E-state index contributed by atoms with van der Waals surface area (Å²) in [5.41, 5.74) is 1.19. The van der Waals surface area contributed by atoms with Gasteiger partial charge >= 0.3 is 6.18 Å². The summed E-state index contributed by atoms with van der Waals surface area (Å²) in [6.45, 7) is 0. The maximum atomic E-state index is 13.3. The highest BCUT2D eigenvalue weighted by atomic mass is 35.5. The topological polar surface area (TPSA) is 35.6 Å². The molecule has 38 heavy (non-hydrogen) atoms. The van der Waals surface area contributed by atoms with Gasteiger partial charge in [0.1, 0.15) is 5.82 Å². The summed E-state index contributed by atoms with van der Waals surface area (Å²) in [4.78, 5) is 1.08. The summed E-state index contributed by atoms with van der Waals surface area (Å²) in [5, 5.41) is 11.3. The van der Waals surface area contributed by atoms with Gasteiger partial charge in [-0.1, -0.05) is 70.8 Å². The van der Waals surface area contributed by atoms with Crippen molar-refractivity contribution in [2.24, 2.45) is 7.05 Å². The molecule has 0 aliphatic carbocycles. The maximum absolute atomic E-state index is 13.3. The van der Waals surface area contributed by atoms with Crippen molar-refractivity contribution >= 4 is 69.2 Å². The first-order valence-electron chi connectivity index (χ1n) is 11.2. The van der Waals surface area contributed by atoms with Gasteiger partial charge in [-0.15, -0.1) is 22.0 Å². The molecule has 0 radical (unpaired) electrons. The van der Waals surface area contributed by atoms with Crippen LogP contribution in [-0.4, -0.2) is 19.3 Å². The minimum Gasteiger partial charge on any atom is -0.349 e. The van der Waals surface area contributed by atoms with Crippen molar-refractivity contribution in [2.75, 3.05) is 0 Å². The molecule has 0 atom stereocenters. The molecule has 0 aliphatic heterocycles. The standard InChI is InChI=1S/C26H18Cl3F3N4S2/c1-35-12-22(17-5-2-3-8-21(17)35)37-14-23-33-34-25(36(23)24-19(28)6-4-7-20(24)29)38-13-15-11-16(26(30,31)32)9-10-18(15)27/h2-12H,13-14H2,1H3. The number of thioether (sulfide) groups is 2. The Kier molecular flexibility index (Phi) is 7.94. The molecule has 0 amide bonds. The summed E-state index contributed by atoms with van der Waals surface area (Å²) in [6.07, 6.45) is -2.41. The van der Waals surface area contributed by atoms with Gasteiger partial charge in [-0.2, -0.15) is 13.2 Å². The highest BCUT2D eigenvalue weighted by Crippen LogP contribution is 2.38. The first-order valence-corrected chi connectivity index (χ1v) is 14.3. The fourth-order valence-electron chi connectivity index (χ4n) is 3.98. The average Bonchev–Trinajstić information content (AvgIpc) is 3.42. The van der Waals surface area contributed by atoms with Gasteiger partial charge in [-0.05, 0) is 42.0 Å². The van der Waals surface area contributed by atoms with Crippen molar-refractivity contribution < 1.29 is 13.2 Å². The third-order valence-corrected chi connectivity index (χ3v) is 8.80. The van der Waals surface area contributed by atoms with Crippen molar-refractivity contribution in [2.45, 2.75) is 27.7 Å². The zero-order valence-electron chi connectivity index (χ0n) is 19.6. The van der Waals surface area contributed by atoms with E-state index >= 15 is 0 Å². The lowest BCUT2D eigenvalue weighted by molar-refractivity contribution is -0.137. The smallest absolute Gasteiger partial charge is 0.349 e. The van der Waals surface area contributed by atoms with Crippen molar-refractivity contribution in [3.63, 3.8) is 0 Å². The molecule has 0 N–H and O–H groups in total. The van der Waals surface area contributed by atoms with E-state index in [1.54, 1.807) is 34.5 Å². The van der Waals surface area contributed by atoms with Gasteiger partial charge in [0.15, 0.2) is 5.16 Å². The summed E-state index contributed by atoms with van der Waals surface area (Å²) in [5.74, 6) is 1.18. The number of hydrogen-bond acceptors (Lipinski definition) is 4. The minimum absolute atomic E-state index is 0.138. The van der Waals surface area contributed by atoms with E-state index in [4.69, 9.17) is 34.8 Å². The Labute approximate surface area is 240 Å². The Hall–Kier alpha value is -2.30. The number of rotatable bonds is 7. The van der Waals surface area contributed by atoms with Crippen LogP contribution in [0.1, 0.15) is 17.0 Å². The highest BCUT2D eigenvalue weighted by molar-refractivity contribution is 7.99. The number of hydrogen-bond donors (Lipinski definition) is 0. The Balaban J connectivity index is 1.49. The Morgan fingerprint density at radius 2 is 1.58 bits per heavy atom. The lowest BCUT2D eigenvalue weighted by atomic mass is 10.1. The summed E-state index contributed by atoms with van der Waals surface area (Å²) >= 11 is 22.1. The molecule has 0 fully saturated rings. The molecule has 4 nitrogen and oxygen atoms in total. The molecule has 0 unspecified atom stereocenters. The van der Waals surface area contributed by atoms with E-state index in [0.29, 0.717) is 38.0 Å². The van der Waals surface area contributed by atoms with E-state index in [1.165, 1.54) is 17.8 Å². The number of para-hydroxylation sites is 2. The van der Waals surface area contributed by atoms with Crippen LogP contribution in [-0.2, 0) is 24.7 Å².